The van der Waals surface area contributed by atoms with Gasteiger partial charge in [0.05, 0.1) is 24.1 Å². The number of pyridine rings is 1. The average molecular weight is 457 g/mol. The van der Waals surface area contributed by atoms with Gasteiger partial charge in [0.2, 0.25) is 0 Å². The van der Waals surface area contributed by atoms with Crippen LogP contribution in [0.1, 0.15) is 40.5 Å². The fourth-order valence-electron chi connectivity index (χ4n) is 4.69. The molecule has 0 unspecified atom stereocenters. The van der Waals surface area contributed by atoms with Gasteiger partial charge in [-0.15, -0.1) is 0 Å². The molecule has 1 saturated carbocycles. The molecular formula is C28H25FN2O3. The number of carbonyl (C=O) groups is 1. The van der Waals surface area contributed by atoms with E-state index in [2.05, 4.69) is 5.32 Å². The van der Waals surface area contributed by atoms with Crippen molar-refractivity contribution >= 4 is 16.7 Å². The molecule has 34 heavy (non-hydrogen) atoms. The van der Waals surface area contributed by atoms with Gasteiger partial charge in [-0.25, -0.2) is 4.39 Å². The van der Waals surface area contributed by atoms with E-state index in [1.807, 2.05) is 36.4 Å². The first-order valence-electron chi connectivity index (χ1n) is 11.3. The number of fused-ring (bicyclic) bond motifs is 1. The summed E-state index contributed by atoms with van der Waals surface area (Å²) in [6, 6.07) is 20.6. The molecule has 1 fully saturated rings. The molecule has 1 amide bonds. The molecule has 1 N–H and O–H groups in total. The lowest BCUT2D eigenvalue weighted by Crippen LogP contribution is -2.33. The van der Waals surface area contributed by atoms with Crippen molar-refractivity contribution in [2.24, 2.45) is 5.92 Å². The third kappa shape index (κ3) is 3.85. The Balaban J connectivity index is 1.69. The van der Waals surface area contributed by atoms with Crippen LogP contribution in [0.15, 0.2) is 77.6 Å². The topological polar surface area (TPSA) is 60.3 Å². The zero-order chi connectivity index (χ0) is 23.8. The number of nitrogens with zero attached hydrogens (tertiary/aromatic N) is 1. The highest BCUT2D eigenvalue weighted by Gasteiger charge is 2.34. The summed E-state index contributed by atoms with van der Waals surface area (Å²) in [5, 5.41) is 4.02. The summed E-state index contributed by atoms with van der Waals surface area (Å²) in [7, 11) is 1.51. The van der Waals surface area contributed by atoms with Crippen molar-refractivity contribution in [3.05, 3.63) is 106 Å². The molecule has 1 aliphatic rings. The van der Waals surface area contributed by atoms with E-state index in [0.29, 0.717) is 33.5 Å². The molecule has 0 radical (unpaired) electrons. The van der Waals surface area contributed by atoms with E-state index in [-0.39, 0.29) is 29.2 Å². The number of nitrogens with one attached hydrogen (secondary N) is 1. The summed E-state index contributed by atoms with van der Waals surface area (Å²) in [6.45, 7) is 1.77. The van der Waals surface area contributed by atoms with E-state index in [1.54, 1.807) is 35.8 Å². The molecule has 172 valence electrons. The Morgan fingerprint density at radius 3 is 2.47 bits per heavy atom. The van der Waals surface area contributed by atoms with Crippen LogP contribution in [-0.2, 0) is 0 Å². The van der Waals surface area contributed by atoms with Gasteiger partial charge >= 0.3 is 0 Å². The van der Waals surface area contributed by atoms with Crippen molar-refractivity contribution in [1.29, 1.82) is 0 Å². The number of ether oxygens (including phenoxy) is 1. The van der Waals surface area contributed by atoms with Crippen molar-refractivity contribution in [1.82, 2.24) is 9.88 Å². The highest BCUT2D eigenvalue weighted by molar-refractivity contribution is 6.09. The summed E-state index contributed by atoms with van der Waals surface area (Å²) in [5.74, 6) is 0.0278. The Hall–Kier alpha value is -3.93. The van der Waals surface area contributed by atoms with Gasteiger partial charge in [0, 0.05) is 16.8 Å². The third-order valence-electron chi connectivity index (χ3n) is 6.46. The fourth-order valence-corrected chi connectivity index (χ4v) is 4.69. The van der Waals surface area contributed by atoms with Crippen molar-refractivity contribution in [2.45, 2.75) is 25.8 Å². The third-order valence-corrected chi connectivity index (χ3v) is 6.46. The highest BCUT2D eigenvalue weighted by Crippen LogP contribution is 2.41. The summed E-state index contributed by atoms with van der Waals surface area (Å²) in [4.78, 5) is 27.4. The number of rotatable bonds is 6. The molecule has 3 aromatic carbocycles. The first-order chi connectivity index (χ1) is 16.5. The number of halogens is 1. The predicted molar refractivity (Wildman–Crippen MR) is 130 cm³/mol. The largest absolute Gasteiger partial charge is 0.496 e. The maximum absolute atomic E-state index is 13.9. The van der Waals surface area contributed by atoms with Crippen molar-refractivity contribution < 1.29 is 13.9 Å². The second-order valence-electron chi connectivity index (χ2n) is 8.66. The molecule has 0 bridgehead atoms. The van der Waals surface area contributed by atoms with E-state index in [9.17, 15) is 14.0 Å². The van der Waals surface area contributed by atoms with Crippen LogP contribution in [0, 0.1) is 18.7 Å². The smallest absolute Gasteiger partial charge is 0.266 e. The maximum atomic E-state index is 13.9. The minimum absolute atomic E-state index is 0.253. The minimum atomic E-state index is -0.332. The molecule has 6 heteroatoms. The molecule has 1 aromatic heterocycles. The van der Waals surface area contributed by atoms with Gasteiger partial charge in [-0.1, -0.05) is 42.5 Å². The van der Waals surface area contributed by atoms with Crippen LogP contribution in [0.25, 0.3) is 16.5 Å². The van der Waals surface area contributed by atoms with Crippen LogP contribution in [0.4, 0.5) is 4.39 Å². The molecule has 5 rings (SSSR count). The molecule has 1 atom stereocenters. The first-order valence-corrected chi connectivity index (χ1v) is 11.3. The van der Waals surface area contributed by atoms with Crippen LogP contribution < -0.4 is 15.6 Å². The van der Waals surface area contributed by atoms with Gasteiger partial charge < -0.3 is 10.1 Å². The zero-order valence-electron chi connectivity index (χ0n) is 19.0. The summed E-state index contributed by atoms with van der Waals surface area (Å²) >= 11 is 0. The van der Waals surface area contributed by atoms with Crippen LogP contribution in [0.2, 0.25) is 0 Å². The van der Waals surface area contributed by atoms with Gasteiger partial charge in [0.1, 0.15) is 11.6 Å². The SMILES string of the molecule is COc1cccc2c(C(=O)N[C@H](c3cccc(F)c3)C3CC3)c(C)n(-c3ccccc3)c(=O)c12. The number of benzene rings is 3. The van der Waals surface area contributed by atoms with E-state index >= 15 is 0 Å². The number of hydrogen-bond donors (Lipinski definition) is 1. The van der Waals surface area contributed by atoms with Crippen LogP contribution in [0.3, 0.4) is 0 Å². The van der Waals surface area contributed by atoms with E-state index in [4.69, 9.17) is 4.74 Å². The van der Waals surface area contributed by atoms with Gasteiger partial charge in [0.25, 0.3) is 11.5 Å². The first kappa shape index (κ1) is 21.9. The molecule has 0 aliphatic heterocycles. The summed E-state index contributed by atoms with van der Waals surface area (Å²) in [5.41, 5.74) is 2.08. The number of aromatic nitrogens is 1. The lowest BCUT2D eigenvalue weighted by molar-refractivity contribution is 0.0932. The van der Waals surface area contributed by atoms with E-state index < -0.39 is 0 Å². The molecular weight excluding hydrogens is 431 g/mol. The van der Waals surface area contributed by atoms with Crippen LogP contribution in [0.5, 0.6) is 5.75 Å². The zero-order valence-corrected chi connectivity index (χ0v) is 19.0. The Kier molecular flexibility index (Phi) is 5.65. The lowest BCUT2D eigenvalue weighted by Gasteiger charge is -2.22. The highest BCUT2D eigenvalue weighted by atomic mass is 19.1. The predicted octanol–water partition coefficient (Wildman–Crippen LogP) is 5.33. The number of amides is 1. The Bertz CT molecular complexity index is 1440. The molecule has 0 spiro atoms. The second-order valence-corrected chi connectivity index (χ2v) is 8.66. The molecule has 0 saturated heterocycles. The Morgan fingerprint density at radius 2 is 1.79 bits per heavy atom. The van der Waals surface area contributed by atoms with Crippen molar-refractivity contribution in [3.63, 3.8) is 0 Å². The Morgan fingerprint density at radius 1 is 1.06 bits per heavy atom. The second kappa shape index (κ2) is 8.78. The average Bonchev–Trinajstić information content (AvgIpc) is 3.68. The van der Waals surface area contributed by atoms with Crippen LogP contribution >= 0.6 is 0 Å². The van der Waals surface area contributed by atoms with Crippen molar-refractivity contribution in [3.8, 4) is 11.4 Å². The normalized spacial score (nSPS) is 14.1. The minimum Gasteiger partial charge on any atom is -0.496 e. The van der Waals surface area contributed by atoms with Gasteiger partial charge in [-0.05, 0) is 61.6 Å². The van der Waals surface area contributed by atoms with Gasteiger partial charge in [-0.3, -0.25) is 14.2 Å². The molecule has 5 nitrogen and oxygen atoms in total. The number of para-hydroxylation sites is 1. The molecule has 4 aromatic rings. The standard InChI is InChI=1S/C28H25FN2O3/c1-17-24(27(32)30-26(18-14-15-18)19-8-6-9-20(29)16-19)22-12-7-13-23(34-2)25(22)28(33)31(17)21-10-4-3-5-11-21/h3-13,16,18,26H,14-15H2,1-2H3,(H,30,32)/t26-/m0/s1. The number of methoxy groups -OCH3 is 1. The monoisotopic (exact) mass is 456 g/mol. The Labute approximate surface area is 196 Å². The van der Waals surface area contributed by atoms with Crippen LogP contribution in [-0.4, -0.2) is 17.6 Å². The lowest BCUT2D eigenvalue weighted by atomic mass is 9.99. The van der Waals surface area contributed by atoms with Crippen molar-refractivity contribution in [2.75, 3.05) is 7.11 Å². The number of carbonyl (C=O) groups excluding carboxylic acids is 1. The molecule has 1 heterocycles. The van der Waals surface area contributed by atoms with Gasteiger partial charge in [-0.2, -0.15) is 0 Å². The summed E-state index contributed by atoms with van der Waals surface area (Å²) in [6.07, 6.45) is 1.94. The fraction of sp³-hybridized carbons (Fsp3) is 0.214. The molecule has 1 aliphatic carbocycles. The maximum Gasteiger partial charge on any atom is 0.266 e. The summed E-state index contributed by atoms with van der Waals surface area (Å²) < 4.78 is 21.0. The van der Waals surface area contributed by atoms with E-state index in [0.717, 1.165) is 18.4 Å². The number of hydrogen-bond acceptors (Lipinski definition) is 3. The quantitative estimate of drug-likeness (QED) is 0.427. The van der Waals surface area contributed by atoms with Gasteiger partial charge in [0.15, 0.2) is 0 Å². The van der Waals surface area contributed by atoms with E-state index in [1.165, 1.54) is 19.2 Å².